The number of methoxy groups -OCH3 is 1. The highest BCUT2D eigenvalue weighted by Crippen LogP contribution is 2.10. The highest BCUT2D eigenvalue weighted by atomic mass is 35.5. The molecule has 1 rings (SSSR count). The lowest BCUT2D eigenvalue weighted by Crippen LogP contribution is -2.28. The maximum atomic E-state index is 11.2. The average molecular weight is 228 g/mol. The Labute approximate surface area is 94.4 Å². The monoisotopic (exact) mass is 227 g/mol. The lowest BCUT2D eigenvalue weighted by molar-refractivity contribution is -0.120. The molecule has 0 saturated heterocycles. The second kappa shape index (κ2) is 5.61. The first kappa shape index (κ1) is 11.9. The summed E-state index contributed by atoms with van der Waals surface area (Å²) < 4.78 is 5.02. The van der Waals surface area contributed by atoms with Crippen LogP contribution in [0.3, 0.4) is 0 Å². The maximum absolute atomic E-state index is 11.2. The van der Waals surface area contributed by atoms with E-state index in [1.165, 1.54) is 0 Å². The van der Waals surface area contributed by atoms with Crippen LogP contribution in [-0.2, 0) is 11.3 Å². The number of ether oxygens (including phenoxy) is 1. The summed E-state index contributed by atoms with van der Waals surface area (Å²) in [6.07, 6.45) is 0. The number of benzene rings is 1. The Morgan fingerprint density at radius 2 is 2.07 bits per heavy atom. The van der Waals surface area contributed by atoms with Crippen molar-refractivity contribution in [2.75, 3.05) is 7.11 Å². The molecule has 4 heteroatoms. The minimum absolute atomic E-state index is 0.160. The summed E-state index contributed by atoms with van der Waals surface area (Å²) in [5.74, 6) is 0.642. The van der Waals surface area contributed by atoms with E-state index >= 15 is 0 Å². The molecule has 0 aliphatic heterocycles. The lowest BCUT2D eigenvalue weighted by atomic mass is 10.2. The second-order valence-corrected chi connectivity index (χ2v) is 3.84. The van der Waals surface area contributed by atoms with E-state index in [9.17, 15) is 4.79 Å². The minimum atomic E-state index is -0.497. The van der Waals surface area contributed by atoms with Crippen LogP contribution in [0.1, 0.15) is 12.5 Å². The molecule has 0 fully saturated rings. The van der Waals surface area contributed by atoms with Crippen molar-refractivity contribution in [3.05, 3.63) is 29.8 Å². The van der Waals surface area contributed by atoms with Gasteiger partial charge in [0.05, 0.1) is 7.11 Å². The van der Waals surface area contributed by atoms with Gasteiger partial charge in [0, 0.05) is 6.54 Å². The first-order valence-corrected chi connectivity index (χ1v) is 5.12. The average Bonchev–Trinajstić information content (AvgIpc) is 2.26. The largest absolute Gasteiger partial charge is 0.497 e. The molecule has 3 nitrogen and oxygen atoms in total. The van der Waals surface area contributed by atoms with Crippen LogP contribution in [0.15, 0.2) is 24.3 Å². The first-order chi connectivity index (χ1) is 7.13. The number of hydrogen-bond donors (Lipinski definition) is 1. The fourth-order valence-corrected chi connectivity index (χ4v) is 1.15. The van der Waals surface area contributed by atoms with Crippen molar-refractivity contribution in [2.45, 2.75) is 18.8 Å². The number of carbonyl (C=O) groups is 1. The van der Waals surface area contributed by atoms with Gasteiger partial charge in [-0.1, -0.05) is 12.1 Å². The van der Waals surface area contributed by atoms with Gasteiger partial charge in [-0.15, -0.1) is 11.6 Å². The van der Waals surface area contributed by atoms with Gasteiger partial charge >= 0.3 is 0 Å². The summed E-state index contributed by atoms with van der Waals surface area (Å²) >= 11 is 5.61. The predicted molar refractivity (Wildman–Crippen MR) is 60.2 cm³/mol. The Morgan fingerprint density at radius 1 is 1.47 bits per heavy atom. The molecule has 1 N–H and O–H groups in total. The van der Waals surface area contributed by atoms with Gasteiger partial charge in [0.25, 0.3) is 0 Å². The summed E-state index contributed by atoms with van der Waals surface area (Å²) in [6, 6.07) is 7.51. The Hall–Kier alpha value is -1.22. The van der Waals surface area contributed by atoms with Crippen LogP contribution in [0.2, 0.25) is 0 Å². The molecule has 0 spiro atoms. The van der Waals surface area contributed by atoms with Gasteiger partial charge in [-0.2, -0.15) is 0 Å². The smallest absolute Gasteiger partial charge is 0.238 e. The Kier molecular flexibility index (Phi) is 4.43. The molecule has 15 heavy (non-hydrogen) atoms. The summed E-state index contributed by atoms with van der Waals surface area (Å²) in [5.41, 5.74) is 1.02. The SMILES string of the molecule is COc1ccc(CNC(=O)[C@H](C)Cl)cc1. The number of amides is 1. The van der Waals surface area contributed by atoms with Crippen molar-refractivity contribution in [3.8, 4) is 5.75 Å². The molecular weight excluding hydrogens is 214 g/mol. The minimum Gasteiger partial charge on any atom is -0.497 e. The highest BCUT2D eigenvalue weighted by Gasteiger charge is 2.07. The van der Waals surface area contributed by atoms with E-state index < -0.39 is 5.38 Å². The molecule has 1 aromatic carbocycles. The predicted octanol–water partition coefficient (Wildman–Crippen LogP) is 1.94. The molecule has 1 amide bonds. The molecule has 0 unspecified atom stereocenters. The third-order valence-corrected chi connectivity index (χ3v) is 2.19. The van der Waals surface area contributed by atoms with Crippen LogP contribution >= 0.6 is 11.6 Å². The van der Waals surface area contributed by atoms with Crippen molar-refractivity contribution in [1.82, 2.24) is 5.32 Å². The van der Waals surface area contributed by atoms with Crippen molar-refractivity contribution < 1.29 is 9.53 Å². The maximum Gasteiger partial charge on any atom is 0.238 e. The van der Waals surface area contributed by atoms with E-state index in [0.717, 1.165) is 11.3 Å². The molecular formula is C11H14ClNO2. The van der Waals surface area contributed by atoms with E-state index in [1.807, 2.05) is 24.3 Å². The molecule has 0 saturated carbocycles. The van der Waals surface area contributed by atoms with E-state index in [4.69, 9.17) is 16.3 Å². The van der Waals surface area contributed by atoms with Crippen molar-refractivity contribution in [2.24, 2.45) is 0 Å². The third-order valence-electron chi connectivity index (χ3n) is 1.99. The molecule has 1 aromatic rings. The van der Waals surface area contributed by atoms with Gasteiger partial charge in [-0.25, -0.2) is 0 Å². The van der Waals surface area contributed by atoms with Crippen LogP contribution < -0.4 is 10.1 Å². The number of rotatable bonds is 4. The summed E-state index contributed by atoms with van der Waals surface area (Å²) in [4.78, 5) is 11.2. The van der Waals surface area contributed by atoms with Crippen molar-refractivity contribution in [3.63, 3.8) is 0 Å². The summed E-state index contributed by atoms with van der Waals surface area (Å²) in [6.45, 7) is 2.13. The Bertz CT molecular complexity index is 322. The highest BCUT2D eigenvalue weighted by molar-refractivity contribution is 6.30. The molecule has 0 bridgehead atoms. The van der Waals surface area contributed by atoms with E-state index in [-0.39, 0.29) is 5.91 Å². The van der Waals surface area contributed by atoms with Crippen LogP contribution in [0.4, 0.5) is 0 Å². The number of alkyl halides is 1. The molecule has 1 atom stereocenters. The molecule has 0 aliphatic carbocycles. The molecule has 82 valence electrons. The zero-order chi connectivity index (χ0) is 11.3. The van der Waals surface area contributed by atoms with Gasteiger partial charge in [0.15, 0.2) is 0 Å². The van der Waals surface area contributed by atoms with Gasteiger partial charge < -0.3 is 10.1 Å². The van der Waals surface area contributed by atoms with Crippen LogP contribution in [0, 0.1) is 0 Å². The van der Waals surface area contributed by atoms with Gasteiger partial charge in [0.2, 0.25) is 5.91 Å². The second-order valence-electron chi connectivity index (χ2n) is 3.18. The Morgan fingerprint density at radius 3 is 2.53 bits per heavy atom. The van der Waals surface area contributed by atoms with E-state index in [2.05, 4.69) is 5.32 Å². The standard InChI is InChI=1S/C11H14ClNO2/c1-8(12)11(14)13-7-9-3-5-10(15-2)6-4-9/h3-6,8H,7H2,1-2H3,(H,13,14)/t8-/m0/s1. The zero-order valence-electron chi connectivity index (χ0n) is 8.79. The zero-order valence-corrected chi connectivity index (χ0v) is 9.54. The molecule has 0 heterocycles. The van der Waals surface area contributed by atoms with Gasteiger partial charge in [-0.3, -0.25) is 4.79 Å². The summed E-state index contributed by atoms with van der Waals surface area (Å²) in [7, 11) is 1.62. The van der Waals surface area contributed by atoms with Crippen LogP contribution in [-0.4, -0.2) is 18.4 Å². The summed E-state index contributed by atoms with van der Waals surface area (Å²) in [5, 5.41) is 2.23. The van der Waals surface area contributed by atoms with Gasteiger partial charge in [0.1, 0.15) is 11.1 Å². The third kappa shape index (κ3) is 3.80. The van der Waals surface area contributed by atoms with E-state index in [0.29, 0.717) is 6.54 Å². The van der Waals surface area contributed by atoms with Gasteiger partial charge in [-0.05, 0) is 24.6 Å². The van der Waals surface area contributed by atoms with Crippen molar-refractivity contribution in [1.29, 1.82) is 0 Å². The van der Waals surface area contributed by atoms with Crippen LogP contribution in [0.25, 0.3) is 0 Å². The number of carbonyl (C=O) groups excluding carboxylic acids is 1. The topological polar surface area (TPSA) is 38.3 Å². The van der Waals surface area contributed by atoms with E-state index in [1.54, 1.807) is 14.0 Å². The quantitative estimate of drug-likeness (QED) is 0.799. The number of halogens is 1. The Balaban J connectivity index is 2.47. The fourth-order valence-electron chi connectivity index (χ4n) is 1.07. The van der Waals surface area contributed by atoms with Crippen molar-refractivity contribution >= 4 is 17.5 Å². The number of hydrogen-bond acceptors (Lipinski definition) is 2. The first-order valence-electron chi connectivity index (χ1n) is 4.68. The normalized spacial score (nSPS) is 11.9. The lowest BCUT2D eigenvalue weighted by Gasteiger charge is -2.07. The van der Waals surface area contributed by atoms with Crippen LogP contribution in [0.5, 0.6) is 5.75 Å². The number of nitrogens with one attached hydrogen (secondary N) is 1. The molecule has 0 radical (unpaired) electrons. The fraction of sp³-hybridized carbons (Fsp3) is 0.364. The molecule has 0 aromatic heterocycles. The molecule has 0 aliphatic rings.